The number of oxime groups is 1. The Morgan fingerprint density at radius 2 is 1.86 bits per heavy atom. The van der Waals surface area contributed by atoms with Crippen molar-refractivity contribution in [3.8, 4) is 0 Å². The van der Waals surface area contributed by atoms with Crippen molar-refractivity contribution in [2.45, 2.75) is 13.3 Å². The van der Waals surface area contributed by atoms with Crippen LogP contribution in [0.5, 0.6) is 0 Å². The van der Waals surface area contributed by atoms with Gasteiger partial charge < -0.3 is 16.3 Å². The highest BCUT2D eigenvalue weighted by atomic mass is 16.4. The molecular formula is C16H17N3O2. The highest BCUT2D eigenvalue weighted by molar-refractivity contribution is 6.05. The predicted molar refractivity (Wildman–Crippen MR) is 82.7 cm³/mol. The van der Waals surface area contributed by atoms with E-state index in [0.717, 1.165) is 11.1 Å². The second-order valence-corrected chi connectivity index (χ2v) is 4.73. The summed E-state index contributed by atoms with van der Waals surface area (Å²) in [6.45, 7) is 1.90. The Hall–Kier alpha value is -2.82. The van der Waals surface area contributed by atoms with Crippen molar-refractivity contribution in [1.82, 2.24) is 0 Å². The third kappa shape index (κ3) is 3.82. The van der Waals surface area contributed by atoms with Gasteiger partial charge in [-0.2, -0.15) is 0 Å². The second-order valence-electron chi connectivity index (χ2n) is 4.73. The van der Waals surface area contributed by atoms with Crippen LogP contribution in [0.15, 0.2) is 53.7 Å². The van der Waals surface area contributed by atoms with Gasteiger partial charge in [0, 0.05) is 17.7 Å². The maximum Gasteiger partial charge on any atom is 0.255 e. The summed E-state index contributed by atoms with van der Waals surface area (Å²) in [6.07, 6.45) is 0.364. The molecule has 0 unspecified atom stereocenters. The van der Waals surface area contributed by atoms with Gasteiger partial charge >= 0.3 is 0 Å². The predicted octanol–water partition coefficient (Wildman–Crippen LogP) is 2.54. The van der Waals surface area contributed by atoms with Crippen LogP contribution in [0, 0.1) is 6.92 Å². The fraction of sp³-hybridized carbons (Fsp3) is 0.125. The minimum absolute atomic E-state index is 0.141. The number of amidine groups is 1. The zero-order valence-corrected chi connectivity index (χ0v) is 11.7. The van der Waals surface area contributed by atoms with E-state index in [1.807, 2.05) is 37.3 Å². The standard InChI is InChI=1S/C16H17N3O2/c1-11-4-2-3-5-14(11)16(20)18-13-8-6-12(7-9-13)10-15(17)19-21/h2-9,21H,10H2,1H3,(H2,17,19)(H,18,20). The van der Waals surface area contributed by atoms with Gasteiger partial charge in [0.05, 0.1) is 0 Å². The molecule has 0 aromatic heterocycles. The lowest BCUT2D eigenvalue weighted by Gasteiger charge is -2.08. The molecule has 0 spiro atoms. The number of rotatable bonds is 4. The third-order valence-corrected chi connectivity index (χ3v) is 3.12. The smallest absolute Gasteiger partial charge is 0.255 e. The normalized spacial score (nSPS) is 11.2. The summed E-state index contributed by atoms with van der Waals surface area (Å²) in [5.74, 6) is 0.00369. The van der Waals surface area contributed by atoms with Crippen molar-refractivity contribution in [1.29, 1.82) is 0 Å². The molecular weight excluding hydrogens is 266 g/mol. The number of carbonyl (C=O) groups excluding carboxylic acids is 1. The quantitative estimate of drug-likeness (QED) is 0.349. The molecule has 0 heterocycles. The topological polar surface area (TPSA) is 87.7 Å². The van der Waals surface area contributed by atoms with Crippen molar-refractivity contribution < 1.29 is 10.0 Å². The summed E-state index contributed by atoms with van der Waals surface area (Å²) in [4.78, 5) is 12.2. The second kappa shape index (κ2) is 6.56. The van der Waals surface area contributed by atoms with Gasteiger partial charge in [0.25, 0.3) is 5.91 Å². The Labute approximate surface area is 123 Å². The number of anilines is 1. The van der Waals surface area contributed by atoms with E-state index >= 15 is 0 Å². The maximum absolute atomic E-state index is 12.2. The molecule has 5 nitrogen and oxygen atoms in total. The van der Waals surface area contributed by atoms with E-state index in [1.54, 1.807) is 18.2 Å². The first-order valence-electron chi connectivity index (χ1n) is 6.52. The lowest BCUT2D eigenvalue weighted by atomic mass is 10.1. The molecule has 2 aromatic carbocycles. The summed E-state index contributed by atoms with van der Waals surface area (Å²) in [6, 6.07) is 14.6. The molecule has 4 N–H and O–H groups in total. The van der Waals surface area contributed by atoms with E-state index in [2.05, 4.69) is 10.5 Å². The van der Waals surface area contributed by atoms with Gasteiger partial charge in [-0.25, -0.2) is 0 Å². The van der Waals surface area contributed by atoms with Gasteiger partial charge in [-0.1, -0.05) is 35.5 Å². The summed E-state index contributed by atoms with van der Waals surface area (Å²) >= 11 is 0. The fourth-order valence-electron chi connectivity index (χ4n) is 1.98. The minimum atomic E-state index is -0.141. The number of aryl methyl sites for hydroxylation is 1. The number of carbonyl (C=O) groups is 1. The van der Waals surface area contributed by atoms with Crippen molar-refractivity contribution >= 4 is 17.4 Å². The molecule has 0 saturated heterocycles. The average molecular weight is 283 g/mol. The van der Waals surface area contributed by atoms with Crippen molar-refractivity contribution in [2.75, 3.05) is 5.32 Å². The molecule has 0 fully saturated rings. The van der Waals surface area contributed by atoms with Gasteiger partial charge in [0.15, 0.2) is 0 Å². The molecule has 0 aliphatic carbocycles. The van der Waals surface area contributed by atoms with E-state index in [9.17, 15) is 4.79 Å². The first-order chi connectivity index (χ1) is 10.1. The molecule has 0 aliphatic rings. The number of nitrogens with two attached hydrogens (primary N) is 1. The van der Waals surface area contributed by atoms with Gasteiger partial charge in [0.1, 0.15) is 5.84 Å². The fourth-order valence-corrected chi connectivity index (χ4v) is 1.98. The summed E-state index contributed by atoms with van der Waals surface area (Å²) in [5, 5.41) is 14.3. The maximum atomic E-state index is 12.2. The molecule has 0 saturated carbocycles. The zero-order valence-electron chi connectivity index (χ0n) is 11.7. The molecule has 2 rings (SSSR count). The SMILES string of the molecule is Cc1ccccc1C(=O)Nc1ccc(CC(N)=NO)cc1. The Morgan fingerprint density at radius 1 is 1.19 bits per heavy atom. The van der Waals surface area contributed by atoms with Crippen LogP contribution < -0.4 is 11.1 Å². The molecule has 0 aliphatic heterocycles. The van der Waals surface area contributed by atoms with Crippen LogP contribution >= 0.6 is 0 Å². The van der Waals surface area contributed by atoms with Crippen LogP contribution in [0.4, 0.5) is 5.69 Å². The number of amides is 1. The Bertz CT molecular complexity index is 663. The first-order valence-corrected chi connectivity index (χ1v) is 6.52. The van der Waals surface area contributed by atoms with Crippen molar-refractivity contribution in [3.63, 3.8) is 0 Å². The average Bonchev–Trinajstić information content (AvgIpc) is 2.49. The monoisotopic (exact) mass is 283 g/mol. The minimum Gasteiger partial charge on any atom is -0.409 e. The summed E-state index contributed by atoms with van der Waals surface area (Å²) in [7, 11) is 0. The third-order valence-electron chi connectivity index (χ3n) is 3.12. The lowest BCUT2D eigenvalue weighted by Crippen LogP contribution is -2.15. The largest absolute Gasteiger partial charge is 0.409 e. The number of benzene rings is 2. The van der Waals surface area contributed by atoms with Crippen LogP contribution in [-0.2, 0) is 6.42 Å². The Kier molecular flexibility index (Phi) is 4.56. The van der Waals surface area contributed by atoms with Crippen LogP contribution in [0.2, 0.25) is 0 Å². The van der Waals surface area contributed by atoms with Crippen molar-refractivity contribution in [2.24, 2.45) is 10.9 Å². The van der Waals surface area contributed by atoms with Crippen LogP contribution in [-0.4, -0.2) is 17.0 Å². The van der Waals surface area contributed by atoms with Crippen LogP contribution in [0.25, 0.3) is 0 Å². The highest BCUT2D eigenvalue weighted by Gasteiger charge is 2.08. The van der Waals surface area contributed by atoms with E-state index in [-0.39, 0.29) is 11.7 Å². The Morgan fingerprint density at radius 3 is 2.48 bits per heavy atom. The molecule has 21 heavy (non-hydrogen) atoms. The van der Waals surface area contributed by atoms with Gasteiger partial charge in [-0.3, -0.25) is 4.79 Å². The Balaban J connectivity index is 2.07. The van der Waals surface area contributed by atoms with E-state index in [4.69, 9.17) is 10.9 Å². The van der Waals surface area contributed by atoms with Gasteiger partial charge in [-0.15, -0.1) is 0 Å². The van der Waals surface area contributed by atoms with E-state index < -0.39 is 0 Å². The number of nitrogens with zero attached hydrogens (tertiary/aromatic N) is 1. The van der Waals surface area contributed by atoms with Crippen molar-refractivity contribution in [3.05, 3.63) is 65.2 Å². The zero-order chi connectivity index (χ0) is 15.2. The molecule has 0 atom stereocenters. The molecule has 2 aromatic rings. The highest BCUT2D eigenvalue weighted by Crippen LogP contribution is 2.13. The molecule has 0 bridgehead atoms. The lowest BCUT2D eigenvalue weighted by molar-refractivity contribution is 0.102. The number of nitrogens with one attached hydrogen (secondary N) is 1. The number of hydrogen-bond acceptors (Lipinski definition) is 3. The van der Waals surface area contributed by atoms with Gasteiger partial charge in [0.2, 0.25) is 0 Å². The van der Waals surface area contributed by atoms with Crippen LogP contribution in [0.3, 0.4) is 0 Å². The molecule has 108 valence electrons. The van der Waals surface area contributed by atoms with Crippen LogP contribution in [0.1, 0.15) is 21.5 Å². The molecule has 1 amide bonds. The van der Waals surface area contributed by atoms with E-state index in [1.165, 1.54) is 0 Å². The van der Waals surface area contributed by atoms with Gasteiger partial charge in [-0.05, 0) is 36.2 Å². The number of hydrogen-bond donors (Lipinski definition) is 3. The first kappa shape index (κ1) is 14.6. The summed E-state index contributed by atoms with van der Waals surface area (Å²) < 4.78 is 0. The molecule has 5 heteroatoms. The molecule has 0 radical (unpaired) electrons. The van der Waals surface area contributed by atoms with E-state index in [0.29, 0.717) is 17.7 Å². The summed E-state index contributed by atoms with van der Waals surface area (Å²) in [5.41, 5.74) is 8.63.